The molecule has 0 aliphatic heterocycles. The van der Waals surface area contributed by atoms with Crippen LogP contribution >= 0.6 is 0 Å². The van der Waals surface area contributed by atoms with Gasteiger partial charge in [0, 0.05) is 18.5 Å². The zero-order valence-corrected chi connectivity index (χ0v) is 13.9. The van der Waals surface area contributed by atoms with E-state index in [-0.39, 0.29) is 0 Å². The van der Waals surface area contributed by atoms with Gasteiger partial charge in [0.05, 0.1) is 5.69 Å². The van der Waals surface area contributed by atoms with Crippen LogP contribution in [0.1, 0.15) is 46.7 Å². The van der Waals surface area contributed by atoms with Crippen LogP contribution in [0.25, 0.3) is 0 Å². The van der Waals surface area contributed by atoms with E-state index in [9.17, 15) is 0 Å². The first-order valence-corrected chi connectivity index (χ1v) is 8.84. The molecule has 2 aromatic carbocycles. The van der Waals surface area contributed by atoms with Crippen LogP contribution in [0.5, 0.6) is 0 Å². The molecule has 2 nitrogen and oxygen atoms in total. The Kier molecular flexibility index (Phi) is 4.37. The van der Waals surface area contributed by atoms with Gasteiger partial charge in [0.1, 0.15) is 5.82 Å². The molecule has 1 aromatic heterocycles. The summed E-state index contributed by atoms with van der Waals surface area (Å²) in [6, 6.07) is 21.2. The highest BCUT2D eigenvalue weighted by Crippen LogP contribution is 2.24. The van der Waals surface area contributed by atoms with E-state index in [1.54, 1.807) is 0 Å². The standard InChI is InChI=1S/C22H22N2/c1-3-9-17(10-4-1)15-21-19-13-7-8-14-20(19)23-22(24-21)16-18-11-5-2-6-12-18/h1-6,9-12H,7-8,13-16H2. The third kappa shape index (κ3) is 3.38. The van der Waals surface area contributed by atoms with Crippen molar-refractivity contribution in [1.29, 1.82) is 0 Å². The lowest BCUT2D eigenvalue weighted by atomic mass is 9.92. The van der Waals surface area contributed by atoms with E-state index in [0.717, 1.165) is 31.5 Å². The minimum Gasteiger partial charge on any atom is -0.237 e. The van der Waals surface area contributed by atoms with Gasteiger partial charge in [0.15, 0.2) is 0 Å². The van der Waals surface area contributed by atoms with Crippen LogP contribution in [0.3, 0.4) is 0 Å². The molecule has 120 valence electrons. The van der Waals surface area contributed by atoms with Gasteiger partial charge < -0.3 is 0 Å². The number of fused-ring (bicyclic) bond motifs is 1. The molecular weight excluding hydrogens is 292 g/mol. The van der Waals surface area contributed by atoms with Crippen molar-refractivity contribution in [3.05, 3.63) is 94.6 Å². The summed E-state index contributed by atoms with van der Waals surface area (Å²) in [7, 11) is 0. The Morgan fingerprint density at radius 1 is 0.667 bits per heavy atom. The van der Waals surface area contributed by atoms with E-state index in [1.807, 2.05) is 0 Å². The lowest BCUT2D eigenvalue weighted by Gasteiger charge is -2.19. The molecule has 0 spiro atoms. The molecule has 1 heterocycles. The Bertz CT molecular complexity index is 810. The third-order valence-corrected chi connectivity index (χ3v) is 4.73. The number of rotatable bonds is 4. The van der Waals surface area contributed by atoms with Crippen molar-refractivity contribution in [2.75, 3.05) is 0 Å². The number of hydrogen-bond acceptors (Lipinski definition) is 2. The van der Waals surface area contributed by atoms with Gasteiger partial charge in [-0.25, -0.2) is 9.97 Å². The molecule has 0 atom stereocenters. The van der Waals surface area contributed by atoms with Crippen LogP contribution in [-0.2, 0) is 25.7 Å². The second-order valence-electron chi connectivity index (χ2n) is 6.54. The first-order chi connectivity index (χ1) is 11.9. The predicted octanol–water partition coefficient (Wildman–Crippen LogP) is 4.54. The molecular formula is C22H22N2. The van der Waals surface area contributed by atoms with E-state index in [2.05, 4.69) is 60.7 Å². The molecule has 0 saturated carbocycles. The molecule has 0 saturated heterocycles. The lowest BCUT2D eigenvalue weighted by molar-refractivity contribution is 0.645. The van der Waals surface area contributed by atoms with Gasteiger partial charge in [0.25, 0.3) is 0 Å². The van der Waals surface area contributed by atoms with Crippen molar-refractivity contribution < 1.29 is 0 Å². The van der Waals surface area contributed by atoms with E-state index in [0.29, 0.717) is 0 Å². The molecule has 0 fully saturated rings. The maximum absolute atomic E-state index is 4.97. The molecule has 3 aromatic rings. The van der Waals surface area contributed by atoms with Gasteiger partial charge in [0.2, 0.25) is 0 Å². The number of aromatic nitrogens is 2. The van der Waals surface area contributed by atoms with E-state index in [1.165, 1.54) is 40.9 Å². The van der Waals surface area contributed by atoms with Crippen LogP contribution in [0.2, 0.25) is 0 Å². The quantitative estimate of drug-likeness (QED) is 0.706. The summed E-state index contributed by atoms with van der Waals surface area (Å²) in [5.74, 6) is 0.966. The number of benzene rings is 2. The molecule has 0 radical (unpaired) electrons. The first-order valence-electron chi connectivity index (χ1n) is 8.84. The predicted molar refractivity (Wildman–Crippen MR) is 97.2 cm³/mol. The van der Waals surface area contributed by atoms with E-state index < -0.39 is 0 Å². The van der Waals surface area contributed by atoms with Gasteiger partial charge in [-0.2, -0.15) is 0 Å². The normalized spacial score (nSPS) is 13.5. The molecule has 4 rings (SSSR count). The third-order valence-electron chi connectivity index (χ3n) is 4.73. The maximum Gasteiger partial charge on any atom is 0.133 e. The first kappa shape index (κ1) is 15.1. The fourth-order valence-corrected chi connectivity index (χ4v) is 3.52. The average molecular weight is 314 g/mol. The largest absolute Gasteiger partial charge is 0.237 e. The van der Waals surface area contributed by atoms with Gasteiger partial charge in [-0.3, -0.25) is 0 Å². The van der Waals surface area contributed by atoms with Crippen molar-refractivity contribution in [1.82, 2.24) is 9.97 Å². The van der Waals surface area contributed by atoms with Crippen LogP contribution in [0.4, 0.5) is 0 Å². The Balaban J connectivity index is 1.69. The monoisotopic (exact) mass is 314 g/mol. The zero-order chi connectivity index (χ0) is 16.2. The topological polar surface area (TPSA) is 25.8 Å². The van der Waals surface area contributed by atoms with Gasteiger partial charge >= 0.3 is 0 Å². The van der Waals surface area contributed by atoms with Crippen LogP contribution in [0.15, 0.2) is 60.7 Å². The van der Waals surface area contributed by atoms with Crippen LogP contribution < -0.4 is 0 Å². The Morgan fingerprint density at radius 3 is 2.00 bits per heavy atom. The minimum absolute atomic E-state index is 0.815. The minimum atomic E-state index is 0.815. The molecule has 1 aliphatic carbocycles. The average Bonchev–Trinajstić information content (AvgIpc) is 2.63. The fraction of sp³-hybridized carbons (Fsp3) is 0.273. The smallest absolute Gasteiger partial charge is 0.133 e. The summed E-state index contributed by atoms with van der Waals surface area (Å²) in [5.41, 5.74) is 6.53. The lowest BCUT2D eigenvalue weighted by Crippen LogP contribution is -2.14. The van der Waals surface area contributed by atoms with E-state index in [4.69, 9.17) is 9.97 Å². The fourth-order valence-electron chi connectivity index (χ4n) is 3.52. The number of nitrogens with zero attached hydrogens (tertiary/aromatic N) is 2. The van der Waals surface area contributed by atoms with Crippen molar-refractivity contribution in [3.63, 3.8) is 0 Å². The van der Waals surface area contributed by atoms with Crippen LogP contribution in [0, 0.1) is 0 Å². The van der Waals surface area contributed by atoms with Crippen molar-refractivity contribution in [2.24, 2.45) is 0 Å². The van der Waals surface area contributed by atoms with E-state index >= 15 is 0 Å². The van der Waals surface area contributed by atoms with Crippen molar-refractivity contribution in [2.45, 2.75) is 38.5 Å². The van der Waals surface area contributed by atoms with Crippen molar-refractivity contribution >= 4 is 0 Å². The second kappa shape index (κ2) is 6.96. The van der Waals surface area contributed by atoms with Gasteiger partial charge in [-0.1, -0.05) is 60.7 Å². The summed E-state index contributed by atoms with van der Waals surface area (Å²) < 4.78 is 0. The van der Waals surface area contributed by atoms with Gasteiger partial charge in [-0.15, -0.1) is 0 Å². The summed E-state index contributed by atoms with van der Waals surface area (Å²) in [5, 5.41) is 0. The molecule has 2 heteroatoms. The van der Waals surface area contributed by atoms with Crippen molar-refractivity contribution in [3.8, 4) is 0 Å². The van der Waals surface area contributed by atoms with Gasteiger partial charge in [-0.05, 0) is 42.4 Å². The maximum atomic E-state index is 4.97. The SMILES string of the molecule is c1ccc(Cc2nc3c(c(Cc4ccccc4)n2)CCCC3)cc1. The Labute approximate surface area is 143 Å². The summed E-state index contributed by atoms with van der Waals surface area (Å²) >= 11 is 0. The summed E-state index contributed by atoms with van der Waals surface area (Å²) in [6.45, 7) is 0. The Hall–Kier alpha value is -2.48. The summed E-state index contributed by atoms with van der Waals surface area (Å²) in [6.07, 6.45) is 6.46. The Morgan fingerprint density at radius 2 is 1.29 bits per heavy atom. The number of aryl methyl sites for hydroxylation is 1. The number of hydrogen-bond donors (Lipinski definition) is 0. The molecule has 0 N–H and O–H groups in total. The molecule has 24 heavy (non-hydrogen) atoms. The zero-order valence-electron chi connectivity index (χ0n) is 13.9. The summed E-state index contributed by atoms with van der Waals surface area (Å²) in [4.78, 5) is 9.87. The molecule has 0 bridgehead atoms. The molecule has 0 unspecified atom stereocenters. The van der Waals surface area contributed by atoms with Crippen LogP contribution in [-0.4, -0.2) is 9.97 Å². The highest BCUT2D eigenvalue weighted by atomic mass is 14.9. The highest BCUT2D eigenvalue weighted by molar-refractivity contribution is 5.33. The second-order valence-corrected chi connectivity index (χ2v) is 6.54. The highest BCUT2D eigenvalue weighted by Gasteiger charge is 2.18. The molecule has 0 amide bonds. The molecule has 1 aliphatic rings.